The second-order valence-corrected chi connectivity index (χ2v) is 6.08. The first-order valence-electron chi connectivity index (χ1n) is 6.02. The van der Waals surface area contributed by atoms with Crippen molar-refractivity contribution in [1.82, 2.24) is 9.78 Å². The van der Waals surface area contributed by atoms with Crippen molar-refractivity contribution in [3.8, 4) is 5.75 Å². The minimum absolute atomic E-state index is 0.211. The predicted octanol–water partition coefficient (Wildman–Crippen LogP) is 1.85. The summed E-state index contributed by atoms with van der Waals surface area (Å²) < 4.78 is 34.1. The van der Waals surface area contributed by atoms with Gasteiger partial charge in [-0.2, -0.15) is 5.10 Å². The Morgan fingerprint density at radius 3 is 2.55 bits per heavy atom. The summed E-state index contributed by atoms with van der Waals surface area (Å²) in [6.45, 7) is 3.40. The summed E-state index contributed by atoms with van der Waals surface area (Å²) in [5.41, 5.74) is 1.52. The lowest BCUT2D eigenvalue weighted by atomic mass is 10.3. The van der Waals surface area contributed by atoms with Crippen LogP contribution in [0.5, 0.6) is 5.75 Å². The van der Waals surface area contributed by atoms with E-state index in [0.717, 1.165) is 0 Å². The standard InChI is InChI=1S/C13H17N3O3S/c1-9-13(10(2)16(3)14-9)20(17,18)15-11-6-5-7-12(8-11)19-4/h5-8,15H,1-4H3. The van der Waals surface area contributed by atoms with Gasteiger partial charge in [0.1, 0.15) is 10.6 Å². The van der Waals surface area contributed by atoms with Gasteiger partial charge in [-0.3, -0.25) is 9.40 Å². The van der Waals surface area contributed by atoms with Crippen LogP contribution >= 0.6 is 0 Å². The molecule has 2 rings (SSSR count). The molecular weight excluding hydrogens is 278 g/mol. The first kappa shape index (κ1) is 14.4. The van der Waals surface area contributed by atoms with Crippen LogP contribution in [-0.4, -0.2) is 25.3 Å². The van der Waals surface area contributed by atoms with E-state index in [1.54, 1.807) is 49.8 Å². The molecular formula is C13H17N3O3S. The number of anilines is 1. The van der Waals surface area contributed by atoms with Crippen LogP contribution in [-0.2, 0) is 17.1 Å². The molecule has 6 nitrogen and oxygen atoms in total. The Balaban J connectivity index is 2.40. The third kappa shape index (κ3) is 2.62. The lowest BCUT2D eigenvalue weighted by molar-refractivity contribution is 0.415. The zero-order valence-corrected chi connectivity index (χ0v) is 12.7. The lowest BCUT2D eigenvalue weighted by Gasteiger charge is -2.09. The Bertz CT molecular complexity index is 735. The Labute approximate surface area is 118 Å². The van der Waals surface area contributed by atoms with E-state index in [9.17, 15) is 8.42 Å². The number of ether oxygens (including phenoxy) is 1. The molecule has 1 aromatic carbocycles. The van der Waals surface area contributed by atoms with Gasteiger partial charge in [0, 0.05) is 13.1 Å². The fourth-order valence-corrected chi connectivity index (χ4v) is 3.53. The van der Waals surface area contributed by atoms with Crippen molar-refractivity contribution in [3.63, 3.8) is 0 Å². The van der Waals surface area contributed by atoms with Gasteiger partial charge in [-0.15, -0.1) is 0 Å². The van der Waals surface area contributed by atoms with Gasteiger partial charge in [0.25, 0.3) is 10.0 Å². The maximum Gasteiger partial charge on any atom is 0.265 e. The van der Waals surface area contributed by atoms with Crippen molar-refractivity contribution in [3.05, 3.63) is 35.7 Å². The fourth-order valence-electron chi connectivity index (χ4n) is 2.04. The number of aryl methyl sites for hydroxylation is 2. The Hall–Kier alpha value is -2.02. The Morgan fingerprint density at radius 2 is 2.00 bits per heavy atom. The maximum absolute atomic E-state index is 12.5. The van der Waals surface area contributed by atoms with Crippen molar-refractivity contribution in [2.24, 2.45) is 7.05 Å². The summed E-state index contributed by atoms with van der Waals surface area (Å²) in [5.74, 6) is 0.588. The van der Waals surface area contributed by atoms with Gasteiger partial charge in [-0.05, 0) is 26.0 Å². The molecule has 0 aliphatic carbocycles. The predicted molar refractivity (Wildman–Crippen MR) is 76.5 cm³/mol. The molecule has 0 radical (unpaired) electrons. The average Bonchev–Trinajstić information content (AvgIpc) is 2.63. The largest absolute Gasteiger partial charge is 0.497 e. The molecule has 0 fully saturated rings. The third-order valence-corrected chi connectivity index (χ3v) is 4.67. The number of nitrogens with zero attached hydrogens (tertiary/aromatic N) is 2. The van der Waals surface area contributed by atoms with Crippen molar-refractivity contribution < 1.29 is 13.2 Å². The zero-order valence-electron chi connectivity index (χ0n) is 11.8. The molecule has 2 aromatic rings. The van der Waals surface area contributed by atoms with E-state index < -0.39 is 10.0 Å². The van der Waals surface area contributed by atoms with Gasteiger partial charge in [0.2, 0.25) is 0 Å². The molecule has 108 valence electrons. The minimum Gasteiger partial charge on any atom is -0.497 e. The summed E-state index contributed by atoms with van der Waals surface area (Å²) in [6.07, 6.45) is 0. The molecule has 0 unspecified atom stereocenters. The number of nitrogens with one attached hydrogen (secondary N) is 1. The van der Waals surface area contributed by atoms with Crippen molar-refractivity contribution in [2.75, 3.05) is 11.8 Å². The molecule has 1 aromatic heterocycles. The van der Waals surface area contributed by atoms with E-state index >= 15 is 0 Å². The van der Waals surface area contributed by atoms with Crippen LogP contribution in [0, 0.1) is 13.8 Å². The number of hydrogen-bond acceptors (Lipinski definition) is 4. The molecule has 0 aliphatic heterocycles. The second-order valence-electron chi connectivity index (χ2n) is 4.46. The highest BCUT2D eigenvalue weighted by Gasteiger charge is 2.23. The summed E-state index contributed by atoms with van der Waals surface area (Å²) in [6, 6.07) is 6.76. The van der Waals surface area contributed by atoms with Crippen LogP contribution in [0.4, 0.5) is 5.69 Å². The molecule has 0 amide bonds. The van der Waals surface area contributed by atoms with Crippen LogP contribution in [0.1, 0.15) is 11.4 Å². The average molecular weight is 295 g/mol. The smallest absolute Gasteiger partial charge is 0.265 e. The van der Waals surface area contributed by atoms with Crippen LogP contribution in [0.2, 0.25) is 0 Å². The molecule has 7 heteroatoms. The first-order valence-corrected chi connectivity index (χ1v) is 7.50. The topological polar surface area (TPSA) is 73.2 Å². The van der Waals surface area contributed by atoms with Crippen LogP contribution in [0.15, 0.2) is 29.2 Å². The minimum atomic E-state index is -3.67. The molecule has 1 N–H and O–H groups in total. The van der Waals surface area contributed by atoms with Crippen molar-refractivity contribution in [1.29, 1.82) is 0 Å². The summed E-state index contributed by atoms with van der Waals surface area (Å²) in [4.78, 5) is 0.211. The monoisotopic (exact) mass is 295 g/mol. The molecule has 0 bridgehead atoms. The number of rotatable bonds is 4. The molecule has 0 spiro atoms. The van der Waals surface area contributed by atoms with Gasteiger partial charge in [0.05, 0.1) is 24.2 Å². The van der Waals surface area contributed by atoms with Gasteiger partial charge < -0.3 is 4.74 Å². The number of hydrogen-bond donors (Lipinski definition) is 1. The second kappa shape index (κ2) is 5.16. The summed E-state index contributed by atoms with van der Waals surface area (Å²) >= 11 is 0. The molecule has 0 saturated heterocycles. The number of benzene rings is 1. The van der Waals surface area contributed by atoms with Crippen LogP contribution < -0.4 is 9.46 Å². The van der Waals surface area contributed by atoms with E-state index in [1.807, 2.05) is 0 Å². The maximum atomic E-state index is 12.5. The van der Waals surface area contributed by atoms with Gasteiger partial charge in [0.15, 0.2) is 0 Å². The van der Waals surface area contributed by atoms with Crippen LogP contribution in [0.25, 0.3) is 0 Å². The number of aromatic nitrogens is 2. The molecule has 1 heterocycles. The van der Waals surface area contributed by atoms with Crippen molar-refractivity contribution in [2.45, 2.75) is 18.7 Å². The van der Waals surface area contributed by atoms with Crippen LogP contribution in [0.3, 0.4) is 0 Å². The van der Waals surface area contributed by atoms with Gasteiger partial charge >= 0.3 is 0 Å². The highest BCUT2D eigenvalue weighted by Crippen LogP contribution is 2.24. The molecule has 20 heavy (non-hydrogen) atoms. The van der Waals surface area contributed by atoms with Gasteiger partial charge in [-0.1, -0.05) is 6.07 Å². The summed E-state index contributed by atoms with van der Waals surface area (Å²) in [5, 5.41) is 4.13. The Morgan fingerprint density at radius 1 is 1.30 bits per heavy atom. The van der Waals surface area contributed by atoms with Gasteiger partial charge in [-0.25, -0.2) is 8.42 Å². The lowest BCUT2D eigenvalue weighted by Crippen LogP contribution is -2.14. The zero-order chi connectivity index (χ0) is 14.9. The van der Waals surface area contributed by atoms with E-state index in [1.165, 1.54) is 7.11 Å². The fraction of sp³-hybridized carbons (Fsp3) is 0.308. The number of methoxy groups -OCH3 is 1. The third-order valence-electron chi connectivity index (χ3n) is 3.03. The molecule has 0 atom stereocenters. The van der Waals surface area contributed by atoms with E-state index in [4.69, 9.17) is 4.74 Å². The van der Waals surface area contributed by atoms with E-state index in [-0.39, 0.29) is 4.90 Å². The molecule has 0 aliphatic rings. The quantitative estimate of drug-likeness (QED) is 0.934. The highest BCUT2D eigenvalue weighted by atomic mass is 32.2. The molecule has 0 saturated carbocycles. The number of sulfonamides is 1. The van der Waals surface area contributed by atoms with Crippen molar-refractivity contribution >= 4 is 15.7 Å². The normalized spacial score (nSPS) is 11.4. The van der Waals surface area contributed by atoms with E-state index in [0.29, 0.717) is 22.8 Å². The highest BCUT2D eigenvalue weighted by molar-refractivity contribution is 7.92. The SMILES string of the molecule is COc1cccc(NS(=O)(=O)c2c(C)nn(C)c2C)c1. The first-order chi connectivity index (χ1) is 9.35. The van der Waals surface area contributed by atoms with E-state index in [2.05, 4.69) is 9.82 Å². The Kier molecular flexibility index (Phi) is 3.71. The summed E-state index contributed by atoms with van der Waals surface area (Å²) in [7, 11) is -0.422.